The van der Waals surface area contributed by atoms with Gasteiger partial charge in [-0.2, -0.15) is 0 Å². The van der Waals surface area contributed by atoms with Gasteiger partial charge in [0.1, 0.15) is 12.1 Å². The maximum absolute atomic E-state index is 12.7. The average Bonchev–Trinajstić information content (AvgIpc) is 3.15. The van der Waals surface area contributed by atoms with Crippen LogP contribution in [0.5, 0.6) is 0 Å². The van der Waals surface area contributed by atoms with E-state index in [0.29, 0.717) is 32.2 Å². The van der Waals surface area contributed by atoms with Crippen LogP contribution in [0.2, 0.25) is 0 Å². The highest BCUT2D eigenvalue weighted by Crippen LogP contribution is 2.19. The molecule has 2 rings (SSSR count). The topological polar surface area (TPSA) is 95.9 Å². The number of nitrogens with zero attached hydrogens (tertiary/aromatic N) is 1. The van der Waals surface area contributed by atoms with E-state index >= 15 is 0 Å². The molecule has 2 unspecified atom stereocenters. The van der Waals surface area contributed by atoms with Crippen molar-refractivity contribution in [2.24, 2.45) is 0 Å². The number of hydrogen-bond donors (Lipinski definition) is 2. The Morgan fingerprint density at radius 1 is 1.30 bits per heavy atom. The first kappa shape index (κ1) is 20.9. The van der Waals surface area contributed by atoms with Gasteiger partial charge in [0.2, 0.25) is 5.91 Å². The van der Waals surface area contributed by atoms with Crippen LogP contribution in [-0.4, -0.2) is 59.1 Å². The minimum absolute atomic E-state index is 0.262. The normalized spacial score (nSPS) is 18.7. The monoisotopic (exact) mass is 376 g/mol. The summed E-state index contributed by atoms with van der Waals surface area (Å²) in [5.74, 6) is -1.68. The number of hydrogen-bond acceptors (Lipinski definition) is 5. The second-order valence-corrected chi connectivity index (χ2v) is 6.75. The number of amides is 1. The molecule has 7 heteroatoms. The Bertz CT molecular complexity index is 649. The number of ether oxygens (including phenoxy) is 1. The Hall–Kier alpha value is -2.41. The predicted octanol–water partition coefficient (Wildman–Crippen LogP) is 1.60. The molecule has 0 bridgehead atoms. The van der Waals surface area contributed by atoms with Crippen LogP contribution in [0.25, 0.3) is 0 Å². The molecule has 1 aromatic carbocycles. The van der Waals surface area contributed by atoms with Crippen LogP contribution >= 0.6 is 0 Å². The van der Waals surface area contributed by atoms with Crippen LogP contribution < -0.4 is 5.32 Å². The van der Waals surface area contributed by atoms with Gasteiger partial charge in [0.05, 0.1) is 12.6 Å². The number of rotatable bonds is 9. The van der Waals surface area contributed by atoms with Gasteiger partial charge in [0.25, 0.3) is 0 Å². The van der Waals surface area contributed by atoms with Gasteiger partial charge >= 0.3 is 11.9 Å². The molecule has 1 aromatic rings. The molecule has 27 heavy (non-hydrogen) atoms. The van der Waals surface area contributed by atoms with E-state index in [9.17, 15) is 19.5 Å². The standard InChI is InChI=1S/C20H28N2O5/c1-3-27-20(26)16(12-11-15-8-5-4-6-9-15)21-14(2)18(23)22-13-7-10-17(22)19(24)25/h4-6,8-9,14,16-17,21H,3,7,10-13H2,1-2H3,(H,24,25)/t14-,16?,17?/m0/s1. The average molecular weight is 376 g/mol. The summed E-state index contributed by atoms with van der Waals surface area (Å²) in [5.41, 5.74) is 1.10. The maximum Gasteiger partial charge on any atom is 0.326 e. The zero-order valence-electron chi connectivity index (χ0n) is 15.9. The van der Waals surface area contributed by atoms with Gasteiger partial charge in [-0.05, 0) is 45.1 Å². The summed E-state index contributed by atoms with van der Waals surface area (Å²) in [6.45, 7) is 4.09. The van der Waals surface area contributed by atoms with E-state index < -0.39 is 30.1 Å². The number of esters is 1. The summed E-state index contributed by atoms with van der Waals surface area (Å²) in [4.78, 5) is 37.7. The van der Waals surface area contributed by atoms with Crippen LogP contribution in [0.4, 0.5) is 0 Å². The number of carboxylic acid groups (broad SMARTS) is 1. The molecule has 0 aromatic heterocycles. The van der Waals surface area contributed by atoms with Crippen LogP contribution in [0.1, 0.15) is 38.7 Å². The molecule has 0 radical (unpaired) electrons. The van der Waals surface area contributed by atoms with E-state index in [-0.39, 0.29) is 12.5 Å². The van der Waals surface area contributed by atoms with Gasteiger partial charge in [-0.1, -0.05) is 30.3 Å². The van der Waals surface area contributed by atoms with Crippen LogP contribution in [0, 0.1) is 0 Å². The Balaban J connectivity index is 2.01. The van der Waals surface area contributed by atoms with Crippen molar-refractivity contribution in [2.45, 2.75) is 57.7 Å². The molecule has 7 nitrogen and oxygen atoms in total. The highest BCUT2D eigenvalue weighted by atomic mass is 16.5. The van der Waals surface area contributed by atoms with E-state index in [1.165, 1.54) is 4.90 Å². The summed E-state index contributed by atoms with van der Waals surface area (Å²) in [6.07, 6.45) is 2.29. The molecular formula is C20H28N2O5. The number of likely N-dealkylation sites (tertiary alicyclic amines) is 1. The van der Waals surface area contributed by atoms with Crippen molar-refractivity contribution in [2.75, 3.05) is 13.2 Å². The Morgan fingerprint density at radius 3 is 2.63 bits per heavy atom. The molecule has 2 N–H and O–H groups in total. The summed E-state index contributed by atoms with van der Waals surface area (Å²) in [7, 11) is 0. The highest BCUT2D eigenvalue weighted by molar-refractivity contribution is 5.88. The molecule has 1 heterocycles. The second kappa shape index (κ2) is 10.1. The summed E-state index contributed by atoms with van der Waals surface area (Å²) >= 11 is 0. The molecule has 0 aliphatic carbocycles. The van der Waals surface area contributed by atoms with Crippen molar-refractivity contribution in [1.82, 2.24) is 10.2 Å². The molecule has 1 amide bonds. The van der Waals surface area contributed by atoms with Crippen LogP contribution in [0.15, 0.2) is 30.3 Å². The van der Waals surface area contributed by atoms with Crippen molar-refractivity contribution in [3.8, 4) is 0 Å². The third-order valence-corrected chi connectivity index (χ3v) is 4.78. The number of aryl methyl sites for hydroxylation is 1. The lowest BCUT2D eigenvalue weighted by atomic mass is 10.0. The van der Waals surface area contributed by atoms with E-state index in [1.54, 1.807) is 13.8 Å². The third kappa shape index (κ3) is 5.79. The van der Waals surface area contributed by atoms with Gasteiger partial charge < -0.3 is 14.7 Å². The number of nitrogens with one attached hydrogen (secondary N) is 1. The SMILES string of the molecule is CCOC(=O)C(CCc1ccccc1)N[C@@H](C)C(=O)N1CCCC1C(=O)O. The fourth-order valence-corrected chi connectivity index (χ4v) is 3.38. The molecule has 3 atom stereocenters. The smallest absolute Gasteiger partial charge is 0.326 e. The number of carboxylic acids is 1. The number of benzene rings is 1. The van der Waals surface area contributed by atoms with E-state index in [4.69, 9.17) is 4.74 Å². The lowest BCUT2D eigenvalue weighted by Crippen LogP contribution is -2.53. The van der Waals surface area contributed by atoms with E-state index in [0.717, 1.165) is 5.56 Å². The second-order valence-electron chi connectivity index (χ2n) is 6.75. The minimum atomic E-state index is -0.987. The van der Waals surface area contributed by atoms with Crippen molar-refractivity contribution >= 4 is 17.8 Å². The van der Waals surface area contributed by atoms with E-state index in [2.05, 4.69) is 5.32 Å². The summed E-state index contributed by atoms with van der Waals surface area (Å²) in [5, 5.41) is 12.3. The first-order valence-corrected chi connectivity index (χ1v) is 9.44. The van der Waals surface area contributed by atoms with Crippen molar-refractivity contribution < 1.29 is 24.2 Å². The zero-order chi connectivity index (χ0) is 19.8. The largest absolute Gasteiger partial charge is 0.480 e. The molecule has 148 valence electrons. The Labute approximate surface area is 159 Å². The van der Waals surface area contributed by atoms with Crippen LogP contribution in [-0.2, 0) is 25.5 Å². The summed E-state index contributed by atoms with van der Waals surface area (Å²) < 4.78 is 5.14. The first-order chi connectivity index (χ1) is 12.9. The predicted molar refractivity (Wildman–Crippen MR) is 100 cm³/mol. The van der Waals surface area contributed by atoms with Crippen molar-refractivity contribution in [1.29, 1.82) is 0 Å². The highest BCUT2D eigenvalue weighted by Gasteiger charge is 2.36. The quantitative estimate of drug-likeness (QED) is 0.636. The van der Waals surface area contributed by atoms with Gasteiger partial charge in [-0.15, -0.1) is 0 Å². The molecule has 1 aliphatic rings. The van der Waals surface area contributed by atoms with Crippen LogP contribution in [0.3, 0.4) is 0 Å². The van der Waals surface area contributed by atoms with Gasteiger partial charge in [0, 0.05) is 6.54 Å². The lowest BCUT2D eigenvalue weighted by Gasteiger charge is -2.27. The Morgan fingerprint density at radius 2 is 2.00 bits per heavy atom. The fraction of sp³-hybridized carbons (Fsp3) is 0.550. The lowest BCUT2D eigenvalue weighted by molar-refractivity contribution is -0.150. The minimum Gasteiger partial charge on any atom is -0.480 e. The molecular weight excluding hydrogens is 348 g/mol. The van der Waals surface area contributed by atoms with Gasteiger partial charge in [-0.25, -0.2) is 4.79 Å². The zero-order valence-corrected chi connectivity index (χ0v) is 15.9. The van der Waals surface area contributed by atoms with Gasteiger partial charge in [-0.3, -0.25) is 14.9 Å². The number of aliphatic carboxylic acids is 1. The molecule has 1 aliphatic heterocycles. The van der Waals surface area contributed by atoms with Crippen molar-refractivity contribution in [3.63, 3.8) is 0 Å². The molecule has 1 fully saturated rings. The first-order valence-electron chi connectivity index (χ1n) is 9.44. The third-order valence-electron chi connectivity index (χ3n) is 4.78. The van der Waals surface area contributed by atoms with Crippen molar-refractivity contribution in [3.05, 3.63) is 35.9 Å². The van der Waals surface area contributed by atoms with Gasteiger partial charge in [0.15, 0.2) is 0 Å². The number of carbonyl (C=O) groups is 3. The van der Waals surface area contributed by atoms with E-state index in [1.807, 2.05) is 30.3 Å². The number of carbonyl (C=O) groups excluding carboxylic acids is 2. The maximum atomic E-state index is 12.7. The Kier molecular flexibility index (Phi) is 7.79. The molecule has 0 spiro atoms. The summed E-state index contributed by atoms with van der Waals surface area (Å²) in [6, 6.07) is 7.69. The fourth-order valence-electron chi connectivity index (χ4n) is 3.38. The molecule has 0 saturated carbocycles. The molecule has 1 saturated heterocycles.